The standard InChI is InChI=1S/C18H17ClN4OS/c19-14-3-1-4-15-16(14)21-18(25-15)23-10-2-9-22(11-12-23)17(24)13-5-7-20-8-6-13/h1,3-8H,2,9-12H2. The Hall–Kier alpha value is -2.18. The Bertz CT molecular complexity index is 898. The molecule has 0 atom stereocenters. The van der Waals surface area contributed by atoms with E-state index in [1.807, 2.05) is 23.1 Å². The minimum Gasteiger partial charge on any atom is -0.346 e. The van der Waals surface area contributed by atoms with Crippen molar-refractivity contribution in [3.63, 3.8) is 0 Å². The molecule has 1 fully saturated rings. The molecule has 0 radical (unpaired) electrons. The van der Waals surface area contributed by atoms with Gasteiger partial charge in [0.25, 0.3) is 5.91 Å². The zero-order valence-corrected chi connectivity index (χ0v) is 15.1. The molecule has 128 valence electrons. The molecule has 1 amide bonds. The predicted octanol–water partition coefficient (Wildman–Crippen LogP) is 3.70. The molecule has 2 aromatic heterocycles. The minimum absolute atomic E-state index is 0.0663. The maximum absolute atomic E-state index is 12.6. The number of carbonyl (C=O) groups is 1. The number of benzene rings is 1. The highest BCUT2D eigenvalue weighted by Crippen LogP contribution is 2.33. The lowest BCUT2D eigenvalue weighted by Gasteiger charge is -2.21. The van der Waals surface area contributed by atoms with Gasteiger partial charge in [-0.3, -0.25) is 9.78 Å². The number of nitrogens with zero attached hydrogens (tertiary/aromatic N) is 4. The van der Waals surface area contributed by atoms with E-state index in [2.05, 4.69) is 9.88 Å². The lowest BCUT2D eigenvalue weighted by atomic mass is 10.2. The fraction of sp³-hybridized carbons (Fsp3) is 0.278. The molecule has 1 aromatic carbocycles. The Kier molecular flexibility index (Phi) is 4.55. The molecule has 0 saturated carbocycles. The van der Waals surface area contributed by atoms with Gasteiger partial charge in [-0.15, -0.1) is 0 Å². The van der Waals surface area contributed by atoms with Crippen LogP contribution in [0.1, 0.15) is 16.8 Å². The number of rotatable bonds is 2. The van der Waals surface area contributed by atoms with Gasteiger partial charge in [-0.2, -0.15) is 0 Å². The average Bonchev–Trinajstić information content (AvgIpc) is 2.93. The number of fused-ring (bicyclic) bond motifs is 1. The third kappa shape index (κ3) is 3.32. The summed E-state index contributed by atoms with van der Waals surface area (Å²) in [6.45, 7) is 3.10. The molecule has 0 spiro atoms. The van der Waals surface area contributed by atoms with Crippen LogP contribution < -0.4 is 4.90 Å². The fourth-order valence-electron chi connectivity index (χ4n) is 3.03. The van der Waals surface area contributed by atoms with Crippen LogP contribution in [0.15, 0.2) is 42.7 Å². The van der Waals surface area contributed by atoms with Gasteiger partial charge in [-0.25, -0.2) is 4.98 Å². The van der Waals surface area contributed by atoms with Crippen molar-refractivity contribution < 1.29 is 4.79 Å². The molecule has 4 rings (SSSR count). The molecule has 5 nitrogen and oxygen atoms in total. The number of halogens is 1. The van der Waals surface area contributed by atoms with Gasteiger partial charge in [0.15, 0.2) is 5.13 Å². The van der Waals surface area contributed by atoms with Crippen LogP contribution >= 0.6 is 22.9 Å². The summed E-state index contributed by atoms with van der Waals surface area (Å²) in [5.41, 5.74) is 1.55. The van der Waals surface area contributed by atoms with Gasteiger partial charge in [0, 0.05) is 44.1 Å². The highest BCUT2D eigenvalue weighted by atomic mass is 35.5. The Morgan fingerprint density at radius 3 is 2.72 bits per heavy atom. The van der Waals surface area contributed by atoms with Gasteiger partial charge in [0.05, 0.1) is 9.72 Å². The highest BCUT2D eigenvalue weighted by Gasteiger charge is 2.22. The molecule has 1 aliphatic heterocycles. The number of hydrogen-bond acceptors (Lipinski definition) is 5. The number of amides is 1. The molecular formula is C18H17ClN4OS. The second-order valence-electron chi connectivity index (χ2n) is 5.95. The second kappa shape index (κ2) is 6.98. The van der Waals surface area contributed by atoms with E-state index in [1.165, 1.54) is 0 Å². The Labute approximate surface area is 154 Å². The first-order chi connectivity index (χ1) is 12.2. The summed E-state index contributed by atoms with van der Waals surface area (Å²) in [6.07, 6.45) is 4.23. The van der Waals surface area contributed by atoms with Gasteiger partial charge in [-0.1, -0.05) is 29.0 Å². The third-order valence-corrected chi connectivity index (χ3v) is 5.73. The van der Waals surface area contributed by atoms with Crippen molar-refractivity contribution in [2.45, 2.75) is 6.42 Å². The summed E-state index contributed by atoms with van der Waals surface area (Å²) in [4.78, 5) is 25.5. The van der Waals surface area contributed by atoms with E-state index < -0.39 is 0 Å². The van der Waals surface area contributed by atoms with Crippen molar-refractivity contribution in [3.05, 3.63) is 53.3 Å². The largest absolute Gasteiger partial charge is 0.346 e. The fourth-order valence-corrected chi connectivity index (χ4v) is 4.34. The van der Waals surface area contributed by atoms with E-state index in [0.717, 1.165) is 41.4 Å². The summed E-state index contributed by atoms with van der Waals surface area (Å²) in [5, 5.41) is 1.66. The average molecular weight is 373 g/mol. The van der Waals surface area contributed by atoms with Crippen LogP contribution in [0.5, 0.6) is 0 Å². The van der Waals surface area contributed by atoms with Crippen LogP contribution in [-0.2, 0) is 0 Å². The van der Waals surface area contributed by atoms with Crippen LogP contribution in [-0.4, -0.2) is 47.0 Å². The number of pyridine rings is 1. The van der Waals surface area contributed by atoms with E-state index in [-0.39, 0.29) is 5.91 Å². The summed E-state index contributed by atoms with van der Waals surface area (Å²) >= 11 is 7.89. The third-order valence-electron chi connectivity index (χ3n) is 4.34. The van der Waals surface area contributed by atoms with Crippen molar-refractivity contribution >= 4 is 44.2 Å². The Morgan fingerprint density at radius 2 is 1.92 bits per heavy atom. The van der Waals surface area contributed by atoms with Crippen LogP contribution in [0.25, 0.3) is 10.2 Å². The summed E-state index contributed by atoms with van der Waals surface area (Å²) in [7, 11) is 0. The topological polar surface area (TPSA) is 49.3 Å². The van der Waals surface area contributed by atoms with Gasteiger partial charge < -0.3 is 9.80 Å². The summed E-state index contributed by atoms with van der Waals surface area (Å²) in [5.74, 6) is 0.0663. The Balaban J connectivity index is 1.51. The van der Waals surface area contributed by atoms with E-state index in [4.69, 9.17) is 16.6 Å². The summed E-state index contributed by atoms with van der Waals surface area (Å²) in [6, 6.07) is 9.38. The maximum atomic E-state index is 12.6. The predicted molar refractivity (Wildman–Crippen MR) is 102 cm³/mol. The first kappa shape index (κ1) is 16.3. The van der Waals surface area contributed by atoms with E-state index in [0.29, 0.717) is 17.1 Å². The van der Waals surface area contributed by atoms with E-state index >= 15 is 0 Å². The van der Waals surface area contributed by atoms with E-state index in [1.54, 1.807) is 35.9 Å². The van der Waals surface area contributed by atoms with Gasteiger partial charge in [-0.05, 0) is 30.7 Å². The van der Waals surface area contributed by atoms with Crippen LogP contribution in [0.4, 0.5) is 5.13 Å². The van der Waals surface area contributed by atoms with Crippen molar-refractivity contribution in [2.75, 3.05) is 31.1 Å². The smallest absolute Gasteiger partial charge is 0.254 e. The normalized spacial score (nSPS) is 15.4. The number of hydrogen-bond donors (Lipinski definition) is 0. The minimum atomic E-state index is 0.0663. The number of aromatic nitrogens is 2. The molecule has 1 aliphatic rings. The Morgan fingerprint density at radius 1 is 1.08 bits per heavy atom. The maximum Gasteiger partial charge on any atom is 0.254 e. The van der Waals surface area contributed by atoms with Gasteiger partial charge in [0.1, 0.15) is 5.52 Å². The van der Waals surface area contributed by atoms with Crippen LogP contribution in [0.3, 0.4) is 0 Å². The monoisotopic (exact) mass is 372 g/mol. The lowest BCUT2D eigenvalue weighted by Crippen LogP contribution is -2.35. The zero-order valence-electron chi connectivity index (χ0n) is 13.6. The number of carbonyl (C=O) groups excluding carboxylic acids is 1. The number of anilines is 1. The molecule has 0 bridgehead atoms. The lowest BCUT2D eigenvalue weighted by molar-refractivity contribution is 0.0767. The van der Waals surface area contributed by atoms with Gasteiger partial charge in [0.2, 0.25) is 0 Å². The van der Waals surface area contributed by atoms with Gasteiger partial charge >= 0.3 is 0 Å². The number of thiazole rings is 1. The van der Waals surface area contributed by atoms with Crippen molar-refractivity contribution in [1.29, 1.82) is 0 Å². The molecule has 3 aromatic rings. The molecule has 7 heteroatoms. The SMILES string of the molecule is O=C(c1ccncc1)N1CCCN(c2nc3c(Cl)cccc3s2)CC1. The van der Waals surface area contributed by atoms with E-state index in [9.17, 15) is 4.79 Å². The number of para-hydroxylation sites is 1. The molecule has 25 heavy (non-hydrogen) atoms. The molecule has 0 N–H and O–H groups in total. The zero-order chi connectivity index (χ0) is 17.2. The molecule has 3 heterocycles. The van der Waals surface area contributed by atoms with Crippen LogP contribution in [0.2, 0.25) is 5.02 Å². The highest BCUT2D eigenvalue weighted by molar-refractivity contribution is 7.22. The molecule has 1 saturated heterocycles. The molecular weight excluding hydrogens is 356 g/mol. The van der Waals surface area contributed by atoms with Crippen molar-refractivity contribution in [3.8, 4) is 0 Å². The van der Waals surface area contributed by atoms with Crippen LogP contribution in [0, 0.1) is 0 Å². The first-order valence-corrected chi connectivity index (χ1v) is 9.41. The van der Waals surface area contributed by atoms with Crippen molar-refractivity contribution in [2.24, 2.45) is 0 Å². The first-order valence-electron chi connectivity index (χ1n) is 8.22. The second-order valence-corrected chi connectivity index (χ2v) is 7.37. The quantitative estimate of drug-likeness (QED) is 0.688. The van der Waals surface area contributed by atoms with Crippen molar-refractivity contribution in [1.82, 2.24) is 14.9 Å². The molecule has 0 unspecified atom stereocenters. The summed E-state index contributed by atoms with van der Waals surface area (Å²) < 4.78 is 1.09. The molecule has 0 aliphatic carbocycles.